The number of guanidine groups is 2. The minimum absolute atomic E-state index is 0.00168. The molecule has 6 heterocycles. The second-order valence-electron chi connectivity index (χ2n) is 26.1. The Morgan fingerprint density at radius 3 is 1.73 bits per heavy atom. The van der Waals surface area contributed by atoms with Crippen molar-refractivity contribution in [2.45, 2.75) is 180 Å². The molecule has 3 unspecified atom stereocenters. The number of aliphatic hydroxyl groups is 11. The fourth-order valence-electron chi connectivity index (χ4n) is 13.0. The summed E-state index contributed by atoms with van der Waals surface area (Å²) in [6.45, 7) is -2.60. The number of hydrogen-bond donors (Lipinski definition) is 20. The van der Waals surface area contributed by atoms with E-state index < -0.39 is 215 Å². The molecule has 0 aliphatic carbocycles. The van der Waals surface area contributed by atoms with Crippen LogP contribution in [0.25, 0.3) is 0 Å². The molecule has 36 heteroatoms. The quantitative estimate of drug-likeness (QED) is 0.0328. The minimum atomic E-state index is -1.93. The maximum atomic E-state index is 15.2. The van der Waals surface area contributed by atoms with Crippen LogP contribution in [0.4, 0.5) is 0 Å². The number of nitrogens with zero attached hydrogens (tertiary/aromatic N) is 3. The average molecular weight is 1460 g/mol. The monoisotopic (exact) mass is 1460 g/mol. The van der Waals surface area contributed by atoms with Crippen LogP contribution in [-0.4, -0.2) is 289 Å². The average Bonchev–Trinajstić information content (AvgIpc) is 1.18. The number of nitrogens with one attached hydrogen (secondary N) is 7. The van der Waals surface area contributed by atoms with Gasteiger partial charge < -0.3 is 143 Å². The number of rotatable bonds is 23. The fourth-order valence-corrected chi connectivity index (χ4v) is 13.0. The second kappa shape index (κ2) is 35.8. The predicted molar refractivity (Wildman–Crippen MR) is 360 cm³/mol. The van der Waals surface area contributed by atoms with Crippen LogP contribution in [0.5, 0.6) is 11.5 Å². The number of carbonyl (C=O) groups excluding carboxylic acids is 6. The van der Waals surface area contributed by atoms with E-state index in [4.69, 9.17) is 44.6 Å². The molecule has 6 amide bonds. The number of aliphatic imine (C=N–C) groups is 2. The third-order valence-electron chi connectivity index (χ3n) is 18.8. The lowest BCUT2D eigenvalue weighted by Gasteiger charge is -2.46. The van der Waals surface area contributed by atoms with E-state index in [2.05, 4.69) is 47.2 Å². The topological polar surface area (TPSA) is 554 Å². The zero-order valence-electron chi connectivity index (χ0n) is 56.4. The van der Waals surface area contributed by atoms with Gasteiger partial charge in [0.25, 0.3) is 0 Å². The van der Waals surface area contributed by atoms with Crippen LogP contribution < -0.4 is 58.2 Å². The van der Waals surface area contributed by atoms with Crippen molar-refractivity contribution in [2.24, 2.45) is 21.5 Å². The fraction of sp³-hybridized carbons (Fsp3) is 0.529. The van der Waals surface area contributed by atoms with Crippen molar-refractivity contribution >= 4 is 47.4 Å². The normalized spacial score (nSPS) is 33.6. The Bertz CT molecular complexity index is 3590. The number of amides is 6. The van der Waals surface area contributed by atoms with Crippen LogP contribution in [0, 0.1) is 0 Å². The van der Waals surface area contributed by atoms with Gasteiger partial charge in [-0.05, 0) is 59.4 Å². The maximum absolute atomic E-state index is 15.2. The molecular weight excluding hydrogens is 1370 g/mol. The van der Waals surface area contributed by atoms with E-state index in [9.17, 15) is 75.3 Å². The zero-order chi connectivity index (χ0) is 74.5. The summed E-state index contributed by atoms with van der Waals surface area (Å²) in [6, 6.07) is 20.6. The van der Waals surface area contributed by atoms with Crippen molar-refractivity contribution in [2.75, 3.05) is 46.1 Å². The number of hydrogen-bond acceptors (Lipinski definition) is 30. The van der Waals surface area contributed by atoms with Crippen LogP contribution in [0.3, 0.4) is 0 Å². The minimum Gasteiger partial charge on any atom is -0.489 e. The zero-order valence-corrected chi connectivity index (χ0v) is 56.4. The summed E-state index contributed by atoms with van der Waals surface area (Å²) in [4.78, 5) is 97.0. The lowest BCUT2D eigenvalue weighted by molar-refractivity contribution is -0.355. The first kappa shape index (κ1) is 77.8. The maximum Gasteiger partial charge on any atom is 0.245 e. The number of ether oxygens (including phenoxy) is 7. The van der Waals surface area contributed by atoms with Gasteiger partial charge in [0.2, 0.25) is 41.7 Å². The van der Waals surface area contributed by atoms with Crippen LogP contribution in [-0.2, 0) is 72.1 Å². The molecule has 0 saturated carbocycles. The molecule has 4 aromatic rings. The highest BCUT2D eigenvalue weighted by Crippen LogP contribution is 2.34. The molecule has 0 radical (unpaired) electrons. The second-order valence-corrected chi connectivity index (χ2v) is 26.1. The Labute approximate surface area is 595 Å². The Morgan fingerprint density at radius 2 is 1.09 bits per heavy atom. The first-order valence-electron chi connectivity index (χ1n) is 33.9. The summed E-state index contributed by atoms with van der Waals surface area (Å²) in [6.07, 6.45) is -26.3. The van der Waals surface area contributed by atoms with E-state index in [1.807, 2.05) is 30.3 Å². The highest BCUT2D eigenvalue weighted by molar-refractivity contribution is 5.98. The molecule has 4 aromatic carbocycles. The molecular formula is C68H90N12O24. The van der Waals surface area contributed by atoms with Crippen LogP contribution in [0.15, 0.2) is 119 Å². The third kappa shape index (κ3) is 19.0. The summed E-state index contributed by atoms with van der Waals surface area (Å²) in [7, 11) is 0. The Balaban J connectivity index is 0.856. The van der Waals surface area contributed by atoms with E-state index in [1.165, 1.54) is 29.2 Å². The summed E-state index contributed by atoms with van der Waals surface area (Å²) in [5.41, 5.74) is 14.8. The Kier molecular flexibility index (Phi) is 26.8. The summed E-state index contributed by atoms with van der Waals surface area (Å²) < 4.78 is 41.3. The third-order valence-corrected chi connectivity index (χ3v) is 18.8. The lowest BCUT2D eigenvalue weighted by atomic mass is 9.92. The smallest absolute Gasteiger partial charge is 0.245 e. The molecule has 104 heavy (non-hydrogen) atoms. The van der Waals surface area contributed by atoms with Gasteiger partial charge in [0.1, 0.15) is 122 Å². The van der Waals surface area contributed by atoms with Crippen LogP contribution in [0.2, 0.25) is 0 Å². The number of carbonyl (C=O) groups is 6. The van der Waals surface area contributed by atoms with Crippen molar-refractivity contribution < 1.29 is 118 Å². The van der Waals surface area contributed by atoms with Gasteiger partial charge in [-0.3, -0.25) is 38.8 Å². The van der Waals surface area contributed by atoms with Crippen LogP contribution >= 0.6 is 0 Å². The molecule has 36 nitrogen and oxygen atoms in total. The lowest BCUT2D eigenvalue weighted by Crippen LogP contribution is -2.66. The van der Waals surface area contributed by atoms with Crippen molar-refractivity contribution in [1.82, 2.24) is 42.1 Å². The molecule has 4 fully saturated rings. The van der Waals surface area contributed by atoms with E-state index in [0.717, 1.165) is 5.56 Å². The predicted octanol–water partition coefficient (Wildman–Crippen LogP) is -7.75. The van der Waals surface area contributed by atoms with Crippen molar-refractivity contribution in [3.8, 4) is 11.5 Å². The molecule has 0 aromatic heterocycles. The van der Waals surface area contributed by atoms with Gasteiger partial charge in [0, 0.05) is 12.3 Å². The van der Waals surface area contributed by atoms with Crippen molar-refractivity contribution in [1.29, 1.82) is 0 Å². The highest BCUT2D eigenvalue weighted by Gasteiger charge is 2.53. The molecule has 6 aliphatic rings. The van der Waals surface area contributed by atoms with Gasteiger partial charge >= 0.3 is 0 Å². The van der Waals surface area contributed by atoms with Gasteiger partial charge in [0.05, 0.1) is 64.8 Å². The van der Waals surface area contributed by atoms with Gasteiger partial charge in [-0.15, -0.1) is 0 Å². The van der Waals surface area contributed by atoms with Gasteiger partial charge in [-0.25, -0.2) is 0 Å². The van der Waals surface area contributed by atoms with Gasteiger partial charge in [-0.1, -0.05) is 91.9 Å². The molecule has 0 spiro atoms. The van der Waals surface area contributed by atoms with Gasteiger partial charge in [0.15, 0.2) is 24.4 Å². The molecule has 0 bridgehead atoms. The molecule has 4 saturated heterocycles. The molecule has 6 aliphatic heterocycles. The summed E-state index contributed by atoms with van der Waals surface area (Å²) >= 11 is 0. The van der Waals surface area contributed by atoms with Crippen molar-refractivity contribution in [3.63, 3.8) is 0 Å². The summed E-state index contributed by atoms with van der Waals surface area (Å²) in [5.74, 6) is -6.60. The molecule has 566 valence electrons. The van der Waals surface area contributed by atoms with E-state index in [-0.39, 0.29) is 50.2 Å². The van der Waals surface area contributed by atoms with E-state index in [1.54, 1.807) is 61.5 Å². The van der Waals surface area contributed by atoms with E-state index in [0.29, 0.717) is 29.0 Å². The standard InChI is InChI=1S/C68H90N12O24/c1-32(36-10-6-3-7-11-36)49-63(97)77-41(20-33-12-18-40(19-13-33)100-65-56(92)53(89)58(47(29-84)103-65)104-66-55(91)52(88)57(46(28-83)102-66)99-31-35-14-16-39(17-15-35)98-30-34-8-4-2-5-9-34)60(94)75-42(21-37-23-72-67(69)74-37)61(95)76-43(62(96)78-44(26-81)59(93)71-25-48(85)79-49)22-38-24-73-68(70)80(38)64-54(90)51(87)50(86)45(27-82)101-64/h2-19,32,37-38,41-47,49-58,64-66,81-84,86-92H,20-31H2,1H3,(H2,70,73)(H,71,93)(H,75,94)(H,76,95)(H,77,97)(H,78,96)(H,79,85)(H3,69,72,74)/t32?,37?,38?,41-,42+,43-,44+,45-,46-,47-,49+,50-,51+,52-,53-,54+,55+,56+,57-,58-,64+,65+,66-/m1/s1. The largest absolute Gasteiger partial charge is 0.489 e. The first-order valence-corrected chi connectivity index (χ1v) is 33.9. The molecule has 10 rings (SSSR count). The SMILES string of the molecule is CC(c1ccccc1)[C@@H]1NC(=O)CNC(=O)[C@H](CO)NC(=O)[C@@H](CC2CN=C(N)N2[C@H]2O[C@H](CO)[C@@H](O)[C@H](O)[C@@H]2O)NC(=O)[C@H](CC2CN=C(N)N2)NC(=O)[C@@H](Cc2ccc(O[C@H]3O[C@H](CO)[C@@H](O[C@H]4O[C@H](CO)[C@@H](OCc5ccc(OCc6ccccc6)cc5)[C@H](O)[C@@H]4O)[C@H](O)[C@@H]3O)cc2)NC1=O. The number of benzene rings is 4. The van der Waals surface area contributed by atoms with Crippen LogP contribution in [0.1, 0.15) is 47.9 Å². The summed E-state index contributed by atoms with van der Waals surface area (Å²) in [5, 5.41) is 138. The number of aliphatic hydroxyl groups excluding tert-OH is 11. The van der Waals surface area contributed by atoms with Crippen molar-refractivity contribution in [3.05, 3.63) is 131 Å². The molecule has 23 atom stereocenters. The van der Waals surface area contributed by atoms with E-state index >= 15 is 9.59 Å². The first-order chi connectivity index (χ1) is 49.9. The Hall–Kier alpha value is -8.80. The highest BCUT2D eigenvalue weighted by atomic mass is 16.7. The molecule has 22 N–H and O–H groups in total. The Morgan fingerprint density at radius 1 is 0.519 bits per heavy atom. The van der Waals surface area contributed by atoms with Gasteiger partial charge in [-0.2, -0.15) is 0 Å². The number of nitrogens with two attached hydrogens (primary N) is 2.